The van der Waals surface area contributed by atoms with Gasteiger partial charge in [0, 0.05) is 6.42 Å². The second-order valence-corrected chi connectivity index (χ2v) is 7.74. The molecule has 1 unspecified atom stereocenters. The van der Waals surface area contributed by atoms with E-state index in [1.165, 1.54) is 12.1 Å². The quantitative estimate of drug-likeness (QED) is 0.659. The molecule has 0 fully saturated rings. The van der Waals surface area contributed by atoms with Gasteiger partial charge in [0.05, 0.1) is 12.6 Å². The number of halogens is 2. The van der Waals surface area contributed by atoms with Gasteiger partial charge in [0.2, 0.25) is 5.91 Å². The van der Waals surface area contributed by atoms with E-state index in [-0.39, 0.29) is 25.4 Å². The molecule has 0 radical (unpaired) electrons. The van der Waals surface area contributed by atoms with E-state index in [9.17, 15) is 14.0 Å². The van der Waals surface area contributed by atoms with Crippen molar-refractivity contribution in [2.75, 3.05) is 6.54 Å². The Bertz CT molecular complexity index is 908. The van der Waals surface area contributed by atoms with Crippen LogP contribution in [0.25, 0.3) is 0 Å². The highest BCUT2D eigenvalue weighted by atomic mass is 79.9. The Kier molecular flexibility index (Phi) is 7.53. The summed E-state index contributed by atoms with van der Waals surface area (Å²) in [4.78, 5) is 31.8. The van der Waals surface area contributed by atoms with E-state index in [1.54, 1.807) is 12.1 Å². The minimum absolute atomic E-state index is 0.0162. The van der Waals surface area contributed by atoms with E-state index in [0.717, 1.165) is 10.5 Å². The number of imide groups is 1. The third-order valence-electron chi connectivity index (χ3n) is 4.46. The van der Waals surface area contributed by atoms with Crippen LogP contribution in [0.15, 0.2) is 59.8 Å². The summed E-state index contributed by atoms with van der Waals surface area (Å²) >= 11 is 3.23. The molecule has 0 saturated heterocycles. The molecule has 0 aromatic heterocycles. The average Bonchev–Trinajstić information content (AvgIpc) is 3.17. The van der Waals surface area contributed by atoms with Crippen LogP contribution in [0.2, 0.25) is 0 Å². The Morgan fingerprint density at radius 1 is 1.20 bits per heavy atom. The van der Waals surface area contributed by atoms with Gasteiger partial charge in [-0.15, -0.1) is 0 Å². The lowest BCUT2D eigenvalue weighted by Gasteiger charge is -2.25. The zero-order chi connectivity index (χ0) is 21.5. The number of nitrogens with two attached hydrogens (primary N) is 1. The molecule has 1 aliphatic rings. The normalized spacial score (nSPS) is 16.4. The van der Waals surface area contributed by atoms with Crippen LogP contribution in [0, 0.1) is 5.82 Å². The molecular weight excluding hydrogens is 457 g/mol. The maximum Gasteiger partial charge on any atom is 0.417 e. The van der Waals surface area contributed by atoms with Gasteiger partial charge in [0.15, 0.2) is 6.10 Å². The molecule has 0 aliphatic carbocycles. The van der Waals surface area contributed by atoms with E-state index in [0.29, 0.717) is 16.6 Å². The molecule has 0 spiro atoms. The second-order valence-electron chi connectivity index (χ2n) is 6.83. The molecule has 1 aliphatic heterocycles. The first kappa shape index (κ1) is 21.9. The highest BCUT2D eigenvalue weighted by Crippen LogP contribution is 2.17. The third-order valence-corrected chi connectivity index (χ3v) is 4.93. The van der Waals surface area contributed by atoms with E-state index in [2.05, 4.69) is 21.1 Å². The smallest absolute Gasteiger partial charge is 0.417 e. The molecule has 2 aromatic rings. The molecule has 2 amide bonds. The van der Waals surface area contributed by atoms with Crippen molar-refractivity contribution in [1.29, 1.82) is 0 Å². The lowest BCUT2D eigenvalue weighted by molar-refractivity contribution is -0.132. The van der Waals surface area contributed by atoms with Gasteiger partial charge in [-0.25, -0.2) is 14.1 Å². The summed E-state index contributed by atoms with van der Waals surface area (Å²) in [5, 5.41) is 3.78. The van der Waals surface area contributed by atoms with Gasteiger partial charge < -0.3 is 15.3 Å². The van der Waals surface area contributed by atoms with Gasteiger partial charge in [-0.2, -0.15) is 0 Å². The minimum atomic E-state index is -1.01. The van der Waals surface area contributed by atoms with Crippen molar-refractivity contribution in [2.45, 2.75) is 31.6 Å². The van der Waals surface area contributed by atoms with Gasteiger partial charge in [-0.05, 0) is 45.6 Å². The predicted molar refractivity (Wildman–Crippen MR) is 112 cm³/mol. The van der Waals surface area contributed by atoms with Crippen molar-refractivity contribution >= 4 is 32.6 Å². The maximum atomic E-state index is 13.1. The van der Waals surface area contributed by atoms with Gasteiger partial charge in [-0.3, -0.25) is 4.79 Å². The fourth-order valence-corrected chi connectivity index (χ4v) is 3.35. The number of hydrogen-bond donors (Lipinski definition) is 1. The molecule has 2 atom stereocenters. The first-order valence-electron chi connectivity index (χ1n) is 9.32. The Morgan fingerprint density at radius 3 is 2.53 bits per heavy atom. The van der Waals surface area contributed by atoms with E-state index >= 15 is 0 Å². The van der Waals surface area contributed by atoms with Crippen molar-refractivity contribution in [3.05, 3.63) is 71.5 Å². The maximum absolute atomic E-state index is 13.1. The molecule has 30 heavy (non-hydrogen) atoms. The molecule has 1 heterocycles. The minimum Gasteiger partial charge on any atom is -0.444 e. The number of carbonyl (C=O) groups excluding carboxylic acids is 2. The van der Waals surface area contributed by atoms with Crippen LogP contribution in [0.5, 0.6) is 0 Å². The standard InChI is InChI=1S/C21H21BrFN3O4/c22-19-11-17(30-25-19)12-26(21(28)29-13-15-4-2-1-3-5-15)20(27)18(24)10-14-6-8-16(23)9-7-14/h1-9,17-18H,10-13,24H2/t17?,18-/m0/s1. The van der Waals surface area contributed by atoms with Crippen LogP contribution in [0.1, 0.15) is 17.5 Å². The summed E-state index contributed by atoms with van der Waals surface area (Å²) in [6.45, 7) is -0.0372. The van der Waals surface area contributed by atoms with Crippen molar-refractivity contribution in [1.82, 2.24) is 4.90 Å². The first-order valence-corrected chi connectivity index (χ1v) is 10.1. The summed E-state index contributed by atoms with van der Waals surface area (Å²) in [6.07, 6.45) is -0.744. The Labute approximate surface area is 181 Å². The van der Waals surface area contributed by atoms with Crippen LogP contribution < -0.4 is 5.73 Å². The van der Waals surface area contributed by atoms with Gasteiger partial charge in [0.25, 0.3) is 0 Å². The summed E-state index contributed by atoms with van der Waals surface area (Å²) in [7, 11) is 0. The second kappa shape index (κ2) is 10.3. The third kappa shape index (κ3) is 6.11. The molecular formula is C21H21BrFN3O4. The number of hydrogen-bond acceptors (Lipinski definition) is 6. The zero-order valence-corrected chi connectivity index (χ0v) is 17.6. The van der Waals surface area contributed by atoms with Crippen molar-refractivity contribution in [3.63, 3.8) is 0 Å². The van der Waals surface area contributed by atoms with E-state index in [1.807, 2.05) is 30.3 Å². The monoisotopic (exact) mass is 477 g/mol. The SMILES string of the molecule is N[C@@H](Cc1ccc(F)cc1)C(=O)N(CC1CC(Br)=NO1)C(=O)OCc1ccccc1. The molecule has 158 valence electrons. The predicted octanol–water partition coefficient (Wildman–Crippen LogP) is 3.36. The molecule has 0 saturated carbocycles. The van der Waals surface area contributed by atoms with E-state index in [4.69, 9.17) is 15.3 Å². The number of carbonyl (C=O) groups is 2. The lowest BCUT2D eigenvalue weighted by atomic mass is 10.1. The fraction of sp³-hybridized carbons (Fsp3) is 0.286. The number of nitrogens with zero attached hydrogens (tertiary/aromatic N) is 2. The van der Waals surface area contributed by atoms with Gasteiger partial charge in [-0.1, -0.05) is 47.6 Å². The van der Waals surface area contributed by atoms with Crippen molar-refractivity contribution in [2.24, 2.45) is 10.9 Å². The Morgan fingerprint density at radius 2 is 1.90 bits per heavy atom. The molecule has 0 bridgehead atoms. The van der Waals surface area contributed by atoms with Gasteiger partial charge >= 0.3 is 6.09 Å². The lowest BCUT2D eigenvalue weighted by Crippen LogP contribution is -2.50. The first-order chi connectivity index (χ1) is 14.4. The Balaban J connectivity index is 1.67. The average molecular weight is 478 g/mol. The summed E-state index contributed by atoms with van der Waals surface area (Å²) < 4.78 is 19.0. The summed E-state index contributed by atoms with van der Waals surface area (Å²) in [6, 6.07) is 13.8. The number of rotatable bonds is 7. The van der Waals surface area contributed by atoms with Crippen molar-refractivity contribution < 1.29 is 23.6 Å². The number of amides is 2. The number of ether oxygens (including phenoxy) is 1. The molecule has 2 aromatic carbocycles. The Hall–Kier alpha value is -2.78. The van der Waals surface area contributed by atoms with Crippen LogP contribution >= 0.6 is 15.9 Å². The summed E-state index contributed by atoms with van der Waals surface area (Å²) in [5.74, 6) is -0.988. The zero-order valence-electron chi connectivity index (χ0n) is 16.0. The van der Waals surface area contributed by atoms with Crippen LogP contribution in [-0.2, 0) is 27.4 Å². The molecule has 9 heteroatoms. The largest absolute Gasteiger partial charge is 0.444 e. The molecule has 2 N–H and O–H groups in total. The van der Waals surface area contributed by atoms with Crippen LogP contribution in [0.4, 0.5) is 9.18 Å². The number of benzene rings is 2. The van der Waals surface area contributed by atoms with E-state index < -0.39 is 24.1 Å². The van der Waals surface area contributed by atoms with Crippen molar-refractivity contribution in [3.8, 4) is 0 Å². The van der Waals surface area contributed by atoms with Gasteiger partial charge in [0.1, 0.15) is 17.0 Å². The molecule has 3 rings (SSSR count). The fourth-order valence-electron chi connectivity index (χ4n) is 2.91. The number of oxime groups is 1. The van der Waals surface area contributed by atoms with Crippen LogP contribution in [0.3, 0.4) is 0 Å². The van der Waals surface area contributed by atoms with Crippen LogP contribution in [-0.4, -0.2) is 40.2 Å². The highest BCUT2D eigenvalue weighted by molar-refractivity contribution is 9.18. The summed E-state index contributed by atoms with van der Waals surface area (Å²) in [5.41, 5.74) is 7.53. The topological polar surface area (TPSA) is 94.2 Å². The molecule has 7 nitrogen and oxygen atoms in total. The highest BCUT2D eigenvalue weighted by Gasteiger charge is 2.33.